The summed E-state index contributed by atoms with van der Waals surface area (Å²) < 4.78 is 8.71. The Morgan fingerprint density at radius 3 is 2.70 bits per heavy atom. The highest BCUT2D eigenvalue weighted by molar-refractivity contribution is 6.31. The Kier molecular flexibility index (Phi) is 9.48. The molecule has 234 valence electrons. The molecule has 1 aromatic carbocycles. The molecule has 5 rings (SSSR count). The van der Waals surface area contributed by atoms with Crippen LogP contribution in [0.5, 0.6) is 0 Å². The number of aromatic amines is 1. The largest absolute Gasteiger partial charge is 0.384 e. The monoisotopic (exact) mass is 612 g/mol. The molecule has 0 amide bonds. The summed E-state index contributed by atoms with van der Waals surface area (Å²) in [6, 6.07) is 5.97. The zero-order valence-electron chi connectivity index (χ0n) is 26.0. The Morgan fingerprint density at radius 2 is 1.98 bits per heavy atom. The third kappa shape index (κ3) is 6.76. The molecule has 43 heavy (non-hydrogen) atoms. The highest BCUT2D eigenvalue weighted by Crippen LogP contribution is 2.37. The number of hydrogen-bond donors (Lipinski definition) is 4. The molecule has 4 atom stereocenters. The molecule has 2 aliphatic heterocycles. The van der Waals surface area contributed by atoms with Crippen molar-refractivity contribution in [3.63, 3.8) is 0 Å². The number of epoxide rings is 1. The average molecular weight is 613 g/mol. The van der Waals surface area contributed by atoms with E-state index in [1.807, 2.05) is 45.3 Å². The maximum Gasteiger partial charge on any atom is 0.332 e. The van der Waals surface area contributed by atoms with Gasteiger partial charge < -0.3 is 20.8 Å². The van der Waals surface area contributed by atoms with Gasteiger partial charge in [-0.1, -0.05) is 39.3 Å². The minimum Gasteiger partial charge on any atom is -0.384 e. The van der Waals surface area contributed by atoms with Gasteiger partial charge in [0.1, 0.15) is 23.7 Å². The SMILES string of the molecule is CC(C)Cn1c(N)c(C(=NCc2c[nH]c3ccc(Cl)cc23)C2CC(C3OC3NCCNC(C)C)CN2C)c(=O)n(C)c1=O. The van der Waals surface area contributed by atoms with Crippen molar-refractivity contribution in [2.45, 2.75) is 71.6 Å². The van der Waals surface area contributed by atoms with Crippen LogP contribution in [0.15, 0.2) is 39.0 Å². The molecule has 2 fully saturated rings. The fourth-order valence-electron chi connectivity index (χ4n) is 6.19. The number of anilines is 1. The second kappa shape index (κ2) is 13.0. The number of rotatable bonds is 12. The number of nitrogens with one attached hydrogen (secondary N) is 3. The molecule has 0 radical (unpaired) electrons. The number of aliphatic imine (C=N–C) groups is 1. The van der Waals surface area contributed by atoms with Gasteiger partial charge in [0.05, 0.1) is 18.3 Å². The van der Waals surface area contributed by atoms with E-state index in [0.717, 1.165) is 47.1 Å². The number of aromatic nitrogens is 3. The summed E-state index contributed by atoms with van der Waals surface area (Å²) in [4.78, 5) is 37.5. The summed E-state index contributed by atoms with van der Waals surface area (Å²) in [5.74, 6) is 0.584. The van der Waals surface area contributed by atoms with Crippen molar-refractivity contribution in [3.8, 4) is 0 Å². The van der Waals surface area contributed by atoms with Crippen molar-refractivity contribution in [2.24, 2.45) is 23.9 Å². The lowest BCUT2D eigenvalue weighted by Gasteiger charge is -2.24. The van der Waals surface area contributed by atoms with Gasteiger partial charge in [0, 0.05) is 67.3 Å². The van der Waals surface area contributed by atoms with Crippen LogP contribution >= 0.6 is 11.6 Å². The van der Waals surface area contributed by atoms with E-state index in [0.29, 0.717) is 35.4 Å². The average Bonchev–Trinajstić information content (AvgIpc) is 3.47. The maximum absolute atomic E-state index is 13.8. The molecule has 2 aromatic heterocycles. The van der Waals surface area contributed by atoms with E-state index in [4.69, 9.17) is 27.1 Å². The molecule has 0 bridgehead atoms. The van der Waals surface area contributed by atoms with Crippen molar-refractivity contribution in [1.82, 2.24) is 29.7 Å². The Balaban J connectivity index is 1.48. The van der Waals surface area contributed by atoms with Crippen LogP contribution in [0.3, 0.4) is 0 Å². The Bertz CT molecular complexity index is 1610. The van der Waals surface area contributed by atoms with Gasteiger partial charge in [-0.05, 0) is 43.1 Å². The summed E-state index contributed by atoms with van der Waals surface area (Å²) in [6.07, 6.45) is 2.80. The molecule has 2 saturated heterocycles. The second-order valence-electron chi connectivity index (χ2n) is 12.7. The van der Waals surface area contributed by atoms with Crippen molar-refractivity contribution in [1.29, 1.82) is 0 Å². The van der Waals surface area contributed by atoms with Gasteiger partial charge in [-0.2, -0.15) is 0 Å². The fourth-order valence-corrected chi connectivity index (χ4v) is 6.36. The molecular weight excluding hydrogens is 568 g/mol. The van der Waals surface area contributed by atoms with E-state index in [-0.39, 0.29) is 36.0 Å². The van der Waals surface area contributed by atoms with E-state index in [1.165, 1.54) is 11.6 Å². The number of nitrogens with zero attached hydrogens (tertiary/aromatic N) is 4. The van der Waals surface area contributed by atoms with Crippen LogP contribution in [0.1, 0.15) is 45.2 Å². The Hall–Kier alpha value is -2.96. The molecule has 0 spiro atoms. The van der Waals surface area contributed by atoms with Gasteiger partial charge in [0.15, 0.2) is 0 Å². The standard InChI is InChI=1S/C31H45ClN8O3/c1-17(2)15-40-28(33)25(30(41)39(6)31(40)42)26(37-14-20-13-36-23-8-7-21(32)12-22(20)23)24-11-19(16-38(24)5)27-29(43-27)35-10-9-34-18(3)4/h7-8,12-13,17-19,24,27,29,34-36H,9-11,14-16,33H2,1-6H3. The third-order valence-electron chi connectivity index (χ3n) is 8.45. The molecule has 0 saturated carbocycles. The van der Waals surface area contributed by atoms with E-state index < -0.39 is 11.2 Å². The first-order valence-electron chi connectivity index (χ1n) is 15.2. The molecule has 2 aliphatic rings. The number of nitrogens with two attached hydrogens (primary N) is 1. The zero-order chi connectivity index (χ0) is 31.0. The predicted molar refractivity (Wildman–Crippen MR) is 173 cm³/mol. The highest BCUT2D eigenvalue weighted by Gasteiger charge is 2.49. The first kappa shape index (κ1) is 31.5. The van der Waals surface area contributed by atoms with Crippen LogP contribution in [0.25, 0.3) is 10.9 Å². The van der Waals surface area contributed by atoms with Crippen LogP contribution in [-0.4, -0.2) is 75.8 Å². The topological polar surface area (TPSA) is 138 Å². The van der Waals surface area contributed by atoms with Crippen molar-refractivity contribution < 1.29 is 4.74 Å². The van der Waals surface area contributed by atoms with Crippen molar-refractivity contribution in [2.75, 3.05) is 32.4 Å². The van der Waals surface area contributed by atoms with E-state index in [1.54, 1.807) is 0 Å². The molecule has 5 N–H and O–H groups in total. The van der Waals surface area contributed by atoms with Gasteiger partial charge in [-0.3, -0.25) is 29.1 Å². The van der Waals surface area contributed by atoms with E-state index in [2.05, 4.69) is 34.4 Å². The minimum atomic E-state index is -0.431. The minimum absolute atomic E-state index is 0.0216. The summed E-state index contributed by atoms with van der Waals surface area (Å²) in [6.45, 7) is 11.5. The van der Waals surface area contributed by atoms with Gasteiger partial charge in [-0.25, -0.2) is 4.79 Å². The van der Waals surface area contributed by atoms with Gasteiger partial charge in [-0.15, -0.1) is 0 Å². The van der Waals surface area contributed by atoms with Gasteiger partial charge in [0.2, 0.25) is 0 Å². The number of likely N-dealkylation sites (N-methyl/N-ethyl adjacent to an activating group) is 1. The number of fused-ring (bicyclic) bond motifs is 1. The quantitative estimate of drug-likeness (QED) is 0.140. The first-order valence-corrected chi connectivity index (χ1v) is 15.6. The molecule has 4 unspecified atom stereocenters. The molecule has 3 aromatic rings. The molecule has 0 aliphatic carbocycles. The predicted octanol–water partition coefficient (Wildman–Crippen LogP) is 2.54. The molecule has 4 heterocycles. The smallest absolute Gasteiger partial charge is 0.332 e. The van der Waals surface area contributed by atoms with Crippen LogP contribution in [0.4, 0.5) is 5.82 Å². The number of benzene rings is 1. The van der Waals surface area contributed by atoms with Crippen molar-refractivity contribution >= 4 is 34.0 Å². The Morgan fingerprint density at radius 1 is 1.21 bits per heavy atom. The summed E-state index contributed by atoms with van der Waals surface area (Å²) in [5, 5.41) is 8.53. The lowest BCUT2D eigenvalue weighted by atomic mass is 9.96. The summed E-state index contributed by atoms with van der Waals surface area (Å²) in [5.41, 5.74) is 8.65. The molecule has 11 nitrogen and oxygen atoms in total. The number of nitrogen functional groups attached to an aromatic ring is 1. The zero-order valence-corrected chi connectivity index (χ0v) is 26.7. The summed E-state index contributed by atoms with van der Waals surface area (Å²) >= 11 is 6.31. The normalized spacial score (nSPS) is 22.9. The molecular formula is C31H45ClN8O3. The lowest BCUT2D eigenvalue weighted by Crippen LogP contribution is -2.46. The van der Waals surface area contributed by atoms with Gasteiger partial charge in [0.25, 0.3) is 5.56 Å². The number of hydrogen-bond acceptors (Lipinski definition) is 8. The second-order valence-corrected chi connectivity index (χ2v) is 13.1. The third-order valence-corrected chi connectivity index (χ3v) is 8.68. The number of H-pyrrole nitrogens is 1. The number of ether oxygens (including phenoxy) is 1. The number of halogens is 1. The van der Waals surface area contributed by atoms with Crippen LogP contribution in [0.2, 0.25) is 5.02 Å². The van der Waals surface area contributed by atoms with Crippen LogP contribution in [-0.2, 0) is 24.9 Å². The number of likely N-dealkylation sites (tertiary alicyclic amines) is 1. The van der Waals surface area contributed by atoms with Crippen molar-refractivity contribution in [3.05, 3.63) is 61.4 Å². The van der Waals surface area contributed by atoms with E-state index >= 15 is 0 Å². The highest BCUT2D eigenvalue weighted by atomic mass is 35.5. The maximum atomic E-state index is 13.8. The Labute approximate surface area is 257 Å². The van der Waals surface area contributed by atoms with Crippen LogP contribution in [0, 0.1) is 11.8 Å². The lowest BCUT2D eigenvalue weighted by molar-refractivity contribution is 0.298. The first-order chi connectivity index (χ1) is 20.5. The van der Waals surface area contributed by atoms with Crippen LogP contribution < -0.4 is 27.6 Å². The summed E-state index contributed by atoms with van der Waals surface area (Å²) in [7, 11) is 3.56. The van der Waals surface area contributed by atoms with Gasteiger partial charge >= 0.3 is 5.69 Å². The van der Waals surface area contributed by atoms with E-state index in [9.17, 15) is 9.59 Å². The fraction of sp³-hybridized carbons (Fsp3) is 0.581. The molecule has 12 heteroatoms.